The maximum absolute atomic E-state index is 12.2. The Morgan fingerprint density at radius 1 is 1.19 bits per heavy atom. The number of benzene rings is 1. The third-order valence-electron chi connectivity index (χ3n) is 4.74. The van der Waals surface area contributed by atoms with Crippen molar-refractivity contribution in [1.82, 2.24) is 4.57 Å². The maximum Gasteiger partial charge on any atom is 0.251 e. The zero-order valence-corrected chi connectivity index (χ0v) is 15.6. The zero-order chi connectivity index (χ0) is 18.7. The van der Waals surface area contributed by atoms with Crippen molar-refractivity contribution in [2.45, 2.75) is 33.7 Å². The highest BCUT2D eigenvalue weighted by Gasteiger charge is 2.24. The van der Waals surface area contributed by atoms with Gasteiger partial charge in [-0.3, -0.25) is 4.79 Å². The van der Waals surface area contributed by atoms with E-state index in [0.29, 0.717) is 37.7 Å². The van der Waals surface area contributed by atoms with Gasteiger partial charge in [-0.05, 0) is 44.9 Å². The lowest BCUT2D eigenvalue weighted by atomic mass is 9.99. The molecule has 0 bridgehead atoms. The molecule has 0 fully saturated rings. The average molecular weight is 358 g/mol. The van der Waals surface area contributed by atoms with Gasteiger partial charge < -0.3 is 24.5 Å². The van der Waals surface area contributed by atoms with Gasteiger partial charge in [-0.2, -0.15) is 0 Å². The van der Waals surface area contributed by atoms with Crippen LogP contribution in [0.3, 0.4) is 0 Å². The Morgan fingerprint density at radius 2 is 1.92 bits per heavy atom. The molecule has 26 heavy (non-hydrogen) atoms. The summed E-state index contributed by atoms with van der Waals surface area (Å²) in [5, 5.41) is 0. The van der Waals surface area contributed by atoms with E-state index < -0.39 is 5.91 Å². The topological polar surface area (TPSA) is 75.7 Å². The quantitative estimate of drug-likeness (QED) is 0.772. The van der Waals surface area contributed by atoms with Gasteiger partial charge in [0.2, 0.25) is 0 Å². The Bertz CT molecular complexity index is 811. The number of carbonyl (C=O) groups excluding carboxylic acids is 1. The van der Waals surface area contributed by atoms with E-state index in [1.807, 2.05) is 39.0 Å². The second kappa shape index (κ2) is 7.83. The largest absolute Gasteiger partial charge is 0.486 e. The number of fused-ring (bicyclic) bond motifs is 1. The van der Waals surface area contributed by atoms with Gasteiger partial charge >= 0.3 is 0 Å². The first-order valence-corrected chi connectivity index (χ1v) is 9.01. The molecule has 140 valence electrons. The van der Waals surface area contributed by atoms with Gasteiger partial charge in [0.1, 0.15) is 13.2 Å². The van der Waals surface area contributed by atoms with Crippen LogP contribution in [0.1, 0.15) is 35.1 Å². The summed E-state index contributed by atoms with van der Waals surface area (Å²) in [6, 6.07) is 5.76. The molecule has 6 nitrogen and oxygen atoms in total. The van der Waals surface area contributed by atoms with Gasteiger partial charge in [-0.25, -0.2) is 0 Å². The lowest BCUT2D eigenvalue weighted by Crippen LogP contribution is -2.15. The fraction of sp³-hybridized carbons (Fsp3) is 0.450. The van der Waals surface area contributed by atoms with Crippen LogP contribution >= 0.6 is 0 Å². The Hall–Kier alpha value is -2.47. The van der Waals surface area contributed by atoms with Crippen molar-refractivity contribution in [2.75, 3.05) is 26.4 Å². The van der Waals surface area contributed by atoms with E-state index in [9.17, 15) is 4.79 Å². The van der Waals surface area contributed by atoms with Gasteiger partial charge in [0.05, 0.1) is 5.56 Å². The molecular formula is C20H26N2O4. The molecule has 0 aliphatic carbocycles. The summed E-state index contributed by atoms with van der Waals surface area (Å²) < 4.78 is 18.9. The SMILES string of the molecule is CCOCCCn1c(C)c(C(N)=O)c(-c2ccc3c(c2)OCCO3)c1C. The first-order valence-electron chi connectivity index (χ1n) is 9.01. The van der Waals surface area contributed by atoms with E-state index in [1.165, 1.54) is 0 Å². The molecule has 0 atom stereocenters. The molecule has 1 amide bonds. The number of nitrogens with zero attached hydrogens (tertiary/aromatic N) is 1. The van der Waals surface area contributed by atoms with Crippen molar-refractivity contribution in [1.29, 1.82) is 0 Å². The summed E-state index contributed by atoms with van der Waals surface area (Å²) in [7, 11) is 0. The molecule has 0 saturated carbocycles. The number of hydrogen-bond donors (Lipinski definition) is 1. The molecular weight excluding hydrogens is 332 g/mol. The van der Waals surface area contributed by atoms with Crippen LogP contribution in [0.2, 0.25) is 0 Å². The Morgan fingerprint density at radius 3 is 2.62 bits per heavy atom. The first-order chi connectivity index (χ1) is 12.5. The van der Waals surface area contributed by atoms with Crippen molar-refractivity contribution < 1.29 is 19.0 Å². The number of ether oxygens (including phenoxy) is 3. The molecule has 0 saturated heterocycles. The van der Waals surface area contributed by atoms with E-state index in [1.54, 1.807) is 0 Å². The molecule has 6 heteroatoms. The number of aromatic nitrogens is 1. The van der Waals surface area contributed by atoms with Crippen LogP contribution in [-0.4, -0.2) is 36.9 Å². The average Bonchev–Trinajstić information content (AvgIpc) is 2.89. The van der Waals surface area contributed by atoms with Crippen molar-refractivity contribution >= 4 is 5.91 Å². The highest BCUT2D eigenvalue weighted by Crippen LogP contribution is 2.38. The predicted molar refractivity (Wildman–Crippen MR) is 100.0 cm³/mol. The predicted octanol–water partition coefficient (Wildman–Crippen LogP) is 3.07. The number of rotatable bonds is 7. The maximum atomic E-state index is 12.2. The van der Waals surface area contributed by atoms with Crippen molar-refractivity contribution in [3.8, 4) is 22.6 Å². The minimum atomic E-state index is -0.418. The second-order valence-corrected chi connectivity index (χ2v) is 6.35. The van der Waals surface area contributed by atoms with Crippen LogP contribution in [0.4, 0.5) is 0 Å². The molecule has 1 aliphatic heterocycles. The van der Waals surface area contributed by atoms with Crippen LogP contribution in [0.15, 0.2) is 18.2 Å². The molecule has 1 aliphatic rings. The van der Waals surface area contributed by atoms with E-state index in [4.69, 9.17) is 19.9 Å². The van der Waals surface area contributed by atoms with Gasteiger partial charge in [0.15, 0.2) is 11.5 Å². The third-order valence-corrected chi connectivity index (χ3v) is 4.74. The highest BCUT2D eigenvalue weighted by atomic mass is 16.6. The van der Waals surface area contributed by atoms with Crippen LogP contribution in [0, 0.1) is 13.8 Å². The Kier molecular flexibility index (Phi) is 5.52. The lowest BCUT2D eigenvalue weighted by Gasteiger charge is -2.19. The summed E-state index contributed by atoms with van der Waals surface area (Å²) in [4.78, 5) is 12.2. The molecule has 3 rings (SSSR count). The zero-order valence-electron chi connectivity index (χ0n) is 15.6. The smallest absolute Gasteiger partial charge is 0.251 e. The first kappa shape index (κ1) is 18.3. The number of primary amides is 1. The van der Waals surface area contributed by atoms with Crippen LogP contribution < -0.4 is 15.2 Å². The number of carbonyl (C=O) groups is 1. The fourth-order valence-corrected chi connectivity index (χ4v) is 3.54. The molecule has 2 heterocycles. The molecule has 1 aromatic heterocycles. The molecule has 2 N–H and O–H groups in total. The lowest BCUT2D eigenvalue weighted by molar-refractivity contribution is 0.1000. The van der Waals surface area contributed by atoms with Gasteiger partial charge in [0.25, 0.3) is 5.91 Å². The molecule has 0 unspecified atom stereocenters. The Balaban J connectivity index is 2.01. The standard InChI is InChI=1S/C20H26N2O4/c1-4-24-9-5-8-22-13(2)18(19(14(22)3)20(21)23)15-6-7-16-17(12-15)26-11-10-25-16/h6-7,12H,4-5,8-11H2,1-3H3,(H2,21,23). The van der Waals surface area contributed by atoms with Crippen molar-refractivity contribution in [2.24, 2.45) is 5.73 Å². The summed E-state index contributed by atoms with van der Waals surface area (Å²) in [6.45, 7) is 9.20. The van der Waals surface area contributed by atoms with Crippen LogP contribution in [0.5, 0.6) is 11.5 Å². The van der Waals surface area contributed by atoms with E-state index in [2.05, 4.69) is 4.57 Å². The van der Waals surface area contributed by atoms with E-state index in [0.717, 1.165) is 41.2 Å². The van der Waals surface area contributed by atoms with E-state index >= 15 is 0 Å². The van der Waals surface area contributed by atoms with Gasteiger partial charge in [-0.1, -0.05) is 6.07 Å². The van der Waals surface area contributed by atoms with Crippen LogP contribution in [-0.2, 0) is 11.3 Å². The fourth-order valence-electron chi connectivity index (χ4n) is 3.54. The van der Waals surface area contributed by atoms with Crippen molar-refractivity contribution in [3.05, 3.63) is 35.2 Å². The van der Waals surface area contributed by atoms with Crippen LogP contribution in [0.25, 0.3) is 11.1 Å². The number of nitrogens with two attached hydrogens (primary N) is 1. The second-order valence-electron chi connectivity index (χ2n) is 6.35. The minimum absolute atomic E-state index is 0.418. The van der Waals surface area contributed by atoms with E-state index in [-0.39, 0.29) is 0 Å². The summed E-state index contributed by atoms with van der Waals surface area (Å²) >= 11 is 0. The molecule has 0 radical (unpaired) electrons. The Labute approximate surface area is 153 Å². The highest BCUT2D eigenvalue weighted by molar-refractivity contribution is 6.02. The normalized spacial score (nSPS) is 13.0. The number of amides is 1. The molecule has 2 aromatic rings. The van der Waals surface area contributed by atoms with Crippen molar-refractivity contribution in [3.63, 3.8) is 0 Å². The number of hydrogen-bond acceptors (Lipinski definition) is 4. The summed E-state index contributed by atoms with van der Waals surface area (Å²) in [5.41, 5.74) is 9.96. The third kappa shape index (κ3) is 3.42. The summed E-state index contributed by atoms with van der Waals surface area (Å²) in [5.74, 6) is 1.01. The minimum Gasteiger partial charge on any atom is -0.486 e. The van der Waals surface area contributed by atoms with Gasteiger partial charge in [-0.15, -0.1) is 0 Å². The van der Waals surface area contributed by atoms with Gasteiger partial charge in [0, 0.05) is 36.7 Å². The molecule has 0 spiro atoms. The monoisotopic (exact) mass is 358 g/mol. The molecule has 1 aromatic carbocycles. The summed E-state index contributed by atoms with van der Waals surface area (Å²) in [6.07, 6.45) is 0.878.